The third-order valence-electron chi connectivity index (χ3n) is 1.90. The summed E-state index contributed by atoms with van der Waals surface area (Å²) in [7, 11) is 0. The zero-order chi connectivity index (χ0) is 12.3. The minimum atomic E-state index is -0.323. The molecule has 0 atom stereocenters. The minimum Gasteiger partial charge on any atom is -0.312 e. The van der Waals surface area contributed by atoms with Gasteiger partial charge in [-0.1, -0.05) is 6.07 Å². The Bertz CT molecular complexity index is 603. The summed E-state index contributed by atoms with van der Waals surface area (Å²) in [5.41, 5.74) is 0.457. The molecule has 0 radical (unpaired) electrons. The summed E-state index contributed by atoms with van der Waals surface area (Å²) in [6.07, 6.45) is 0. The quantitative estimate of drug-likeness (QED) is 0.927. The second-order valence-corrected chi connectivity index (χ2v) is 4.93. The van der Waals surface area contributed by atoms with Crippen LogP contribution in [0.2, 0.25) is 0 Å². The Hall–Kier alpha value is -1.71. The second kappa shape index (κ2) is 5.08. The van der Waals surface area contributed by atoms with Crippen LogP contribution in [0.4, 0.5) is 5.00 Å². The second-order valence-electron chi connectivity index (χ2n) is 3.10. The van der Waals surface area contributed by atoms with E-state index in [9.17, 15) is 4.79 Å². The number of pyridine rings is 1. The largest absolute Gasteiger partial charge is 0.312 e. The van der Waals surface area contributed by atoms with Gasteiger partial charge in [-0.15, -0.1) is 11.3 Å². The molecule has 2 rings (SSSR count). The van der Waals surface area contributed by atoms with Crippen molar-refractivity contribution in [1.29, 1.82) is 5.26 Å². The van der Waals surface area contributed by atoms with Crippen molar-refractivity contribution in [3.8, 4) is 6.07 Å². The molecule has 0 aliphatic carbocycles. The smallest absolute Gasteiger partial charge is 0.274 e. The number of anilines is 1. The number of aromatic nitrogens is 1. The van der Waals surface area contributed by atoms with Crippen LogP contribution in [0, 0.1) is 11.3 Å². The van der Waals surface area contributed by atoms with Gasteiger partial charge in [0.25, 0.3) is 5.91 Å². The van der Waals surface area contributed by atoms with E-state index in [0.717, 1.165) is 9.47 Å². The zero-order valence-electron chi connectivity index (χ0n) is 8.48. The normalized spacial score (nSPS) is 9.65. The predicted octanol–water partition coefficient (Wildman–Crippen LogP) is 3.03. The SMILES string of the molecule is N#Cc1cccc(C(=O)Nc2cc(Br)cs2)n1. The van der Waals surface area contributed by atoms with Crippen LogP contribution < -0.4 is 5.32 Å². The van der Waals surface area contributed by atoms with E-state index in [2.05, 4.69) is 26.2 Å². The highest BCUT2D eigenvalue weighted by atomic mass is 79.9. The molecule has 1 N–H and O–H groups in total. The zero-order valence-corrected chi connectivity index (χ0v) is 10.9. The molecule has 0 saturated heterocycles. The van der Waals surface area contributed by atoms with E-state index in [4.69, 9.17) is 5.26 Å². The molecule has 0 unspecified atom stereocenters. The Balaban J connectivity index is 2.17. The van der Waals surface area contributed by atoms with E-state index >= 15 is 0 Å². The van der Waals surface area contributed by atoms with Gasteiger partial charge in [0.15, 0.2) is 0 Å². The molecule has 2 aromatic heterocycles. The molecule has 2 heterocycles. The Morgan fingerprint density at radius 3 is 3.00 bits per heavy atom. The van der Waals surface area contributed by atoms with E-state index in [1.54, 1.807) is 24.3 Å². The first-order valence-electron chi connectivity index (χ1n) is 4.61. The molecule has 0 saturated carbocycles. The molecule has 0 spiro atoms. The first kappa shape index (κ1) is 11.8. The molecule has 0 aliphatic heterocycles. The lowest BCUT2D eigenvalue weighted by Gasteiger charge is -2.01. The third kappa shape index (κ3) is 2.90. The summed E-state index contributed by atoms with van der Waals surface area (Å²) in [5, 5.41) is 14.0. The van der Waals surface area contributed by atoms with Crippen LogP contribution >= 0.6 is 27.3 Å². The number of nitrogens with zero attached hydrogens (tertiary/aromatic N) is 2. The molecule has 17 heavy (non-hydrogen) atoms. The van der Waals surface area contributed by atoms with Crippen molar-refractivity contribution in [2.75, 3.05) is 5.32 Å². The molecule has 2 aromatic rings. The highest BCUT2D eigenvalue weighted by Crippen LogP contribution is 2.24. The molecule has 6 heteroatoms. The highest BCUT2D eigenvalue weighted by Gasteiger charge is 2.09. The van der Waals surface area contributed by atoms with Gasteiger partial charge in [0, 0.05) is 9.85 Å². The molecular formula is C11H6BrN3OS. The number of carbonyl (C=O) groups is 1. The molecule has 4 nitrogen and oxygen atoms in total. The number of nitrogens with one attached hydrogen (secondary N) is 1. The number of amides is 1. The van der Waals surface area contributed by atoms with Crippen molar-refractivity contribution in [2.45, 2.75) is 0 Å². The summed E-state index contributed by atoms with van der Waals surface area (Å²) >= 11 is 4.71. The molecule has 84 valence electrons. The van der Waals surface area contributed by atoms with Gasteiger partial charge < -0.3 is 5.32 Å². The number of nitriles is 1. The average Bonchev–Trinajstić information content (AvgIpc) is 2.75. The van der Waals surface area contributed by atoms with Crippen molar-refractivity contribution in [2.24, 2.45) is 0 Å². The molecular weight excluding hydrogens is 302 g/mol. The number of hydrogen-bond donors (Lipinski definition) is 1. The summed E-state index contributed by atoms with van der Waals surface area (Å²) in [4.78, 5) is 15.7. The minimum absolute atomic E-state index is 0.227. The fraction of sp³-hybridized carbons (Fsp3) is 0. The standard InChI is InChI=1S/C11H6BrN3OS/c12-7-4-10(17-6-7)15-11(16)9-3-1-2-8(5-13)14-9/h1-4,6H,(H,15,16). The number of rotatable bonds is 2. The maximum atomic E-state index is 11.8. The third-order valence-corrected chi connectivity index (χ3v) is 3.51. The van der Waals surface area contributed by atoms with Crippen LogP contribution in [0.15, 0.2) is 34.1 Å². The molecule has 0 bridgehead atoms. The lowest BCUT2D eigenvalue weighted by atomic mass is 10.3. The number of hydrogen-bond acceptors (Lipinski definition) is 4. The summed E-state index contributed by atoms with van der Waals surface area (Å²) in [5.74, 6) is -0.323. The monoisotopic (exact) mass is 307 g/mol. The Morgan fingerprint density at radius 2 is 2.35 bits per heavy atom. The van der Waals surface area contributed by atoms with Crippen LogP contribution in [0.3, 0.4) is 0 Å². The summed E-state index contributed by atoms with van der Waals surface area (Å²) < 4.78 is 0.913. The summed E-state index contributed by atoms with van der Waals surface area (Å²) in [6.45, 7) is 0. The van der Waals surface area contributed by atoms with Crippen LogP contribution in [-0.4, -0.2) is 10.9 Å². The first-order chi connectivity index (χ1) is 8.19. The van der Waals surface area contributed by atoms with Gasteiger partial charge in [-0.2, -0.15) is 5.26 Å². The summed E-state index contributed by atoms with van der Waals surface area (Å²) in [6, 6.07) is 8.45. The average molecular weight is 308 g/mol. The molecule has 0 aliphatic rings. The van der Waals surface area contributed by atoms with Crippen molar-refractivity contribution in [3.63, 3.8) is 0 Å². The van der Waals surface area contributed by atoms with Gasteiger partial charge in [-0.25, -0.2) is 4.98 Å². The molecule has 1 amide bonds. The van der Waals surface area contributed by atoms with Gasteiger partial charge in [0.2, 0.25) is 0 Å². The van der Waals surface area contributed by atoms with Gasteiger partial charge >= 0.3 is 0 Å². The molecule has 0 fully saturated rings. The van der Waals surface area contributed by atoms with Crippen LogP contribution in [0.5, 0.6) is 0 Å². The Labute approximate surface area is 110 Å². The van der Waals surface area contributed by atoms with E-state index in [1.807, 2.05) is 11.4 Å². The van der Waals surface area contributed by atoms with Gasteiger partial charge in [0.05, 0.1) is 5.00 Å². The number of thiophene rings is 1. The van der Waals surface area contributed by atoms with Crippen LogP contribution in [0.25, 0.3) is 0 Å². The first-order valence-corrected chi connectivity index (χ1v) is 6.29. The van der Waals surface area contributed by atoms with E-state index in [-0.39, 0.29) is 17.3 Å². The fourth-order valence-electron chi connectivity index (χ4n) is 1.18. The number of halogens is 1. The van der Waals surface area contributed by atoms with Gasteiger partial charge in [0.1, 0.15) is 17.5 Å². The Kier molecular flexibility index (Phi) is 3.52. The van der Waals surface area contributed by atoms with E-state index in [1.165, 1.54) is 11.3 Å². The van der Waals surface area contributed by atoms with E-state index in [0.29, 0.717) is 0 Å². The predicted molar refractivity (Wildman–Crippen MR) is 68.9 cm³/mol. The lowest BCUT2D eigenvalue weighted by Crippen LogP contribution is -2.13. The topological polar surface area (TPSA) is 65.8 Å². The van der Waals surface area contributed by atoms with Crippen LogP contribution in [-0.2, 0) is 0 Å². The maximum absolute atomic E-state index is 11.8. The van der Waals surface area contributed by atoms with Crippen LogP contribution in [0.1, 0.15) is 16.2 Å². The van der Waals surface area contributed by atoms with Crippen molar-refractivity contribution >= 4 is 38.2 Å². The fourth-order valence-corrected chi connectivity index (χ4v) is 2.49. The van der Waals surface area contributed by atoms with E-state index < -0.39 is 0 Å². The van der Waals surface area contributed by atoms with Crippen molar-refractivity contribution in [3.05, 3.63) is 45.5 Å². The van der Waals surface area contributed by atoms with Crippen molar-refractivity contribution < 1.29 is 4.79 Å². The molecule has 0 aromatic carbocycles. The Morgan fingerprint density at radius 1 is 1.53 bits per heavy atom. The number of carbonyl (C=O) groups excluding carboxylic acids is 1. The lowest BCUT2D eigenvalue weighted by molar-refractivity contribution is 0.102. The maximum Gasteiger partial charge on any atom is 0.274 e. The van der Waals surface area contributed by atoms with Gasteiger partial charge in [-0.05, 0) is 34.1 Å². The highest BCUT2D eigenvalue weighted by molar-refractivity contribution is 9.10. The van der Waals surface area contributed by atoms with Gasteiger partial charge in [-0.3, -0.25) is 4.79 Å². The van der Waals surface area contributed by atoms with Crippen molar-refractivity contribution in [1.82, 2.24) is 4.98 Å².